The first-order chi connectivity index (χ1) is 11.8. The van der Waals surface area contributed by atoms with Gasteiger partial charge in [0.2, 0.25) is 0 Å². The molecule has 0 saturated carbocycles. The number of piperidine rings is 1. The standard InChI is InChI=1S/C17H19FN6/c18-15-4-2-1-3-12(15)9-20-16-14-10-23-24(17(14)22-11-21-16)13-5-7-19-8-6-13/h1-4,10-11,13,19H,5-9H2,(H,20,21,22). The van der Waals surface area contributed by atoms with E-state index >= 15 is 0 Å². The summed E-state index contributed by atoms with van der Waals surface area (Å²) in [7, 11) is 0. The number of halogens is 1. The van der Waals surface area contributed by atoms with E-state index in [-0.39, 0.29) is 5.82 Å². The molecule has 0 bridgehead atoms. The summed E-state index contributed by atoms with van der Waals surface area (Å²) in [4.78, 5) is 8.70. The van der Waals surface area contributed by atoms with Crippen molar-refractivity contribution < 1.29 is 4.39 Å². The Bertz CT molecular complexity index is 840. The molecule has 3 heterocycles. The molecular weight excluding hydrogens is 307 g/mol. The molecule has 6 nitrogen and oxygen atoms in total. The van der Waals surface area contributed by atoms with Crippen LogP contribution in [0.1, 0.15) is 24.4 Å². The van der Waals surface area contributed by atoms with Crippen LogP contribution in [0.3, 0.4) is 0 Å². The highest BCUT2D eigenvalue weighted by atomic mass is 19.1. The smallest absolute Gasteiger partial charge is 0.163 e. The van der Waals surface area contributed by atoms with E-state index in [4.69, 9.17) is 0 Å². The number of fused-ring (bicyclic) bond motifs is 1. The highest BCUT2D eigenvalue weighted by Gasteiger charge is 2.19. The molecule has 3 aromatic rings. The van der Waals surface area contributed by atoms with Crippen LogP contribution in [0.25, 0.3) is 11.0 Å². The van der Waals surface area contributed by atoms with Gasteiger partial charge in [0.15, 0.2) is 5.65 Å². The van der Waals surface area contributed by atoms with Gasteiger partial charge in [-0.2, -0.15) is 5.10 Å². The lowest BCUT2D eigenvalue weighted by Crippen LogP contribution is -2.29. The van der Waals surface area contributed by atoms with Crippen molar-refractivity contribution in [2.24, 2.45) is 0 Å². The number of rotatable bonds is 4. The molecule has 1 aliphatic heterocycles. The van der Waals surface area contributed by atoms with E-state index in [1.807, 2.05) is 10.7 Å². The number of nitrogens with one attached hydrogen (secondary N) is 2. The Labute approximate surface area is 139 Å². The summed E-state index contributed by atoms with van der Waals surface area (Å²) < 4.78 is 15.8. The summed E-state index contributed by atoms with van der Waals surface area (Å²) >= 11 is 0. The van der Waals surface area contributed by atoms with Crippen molar-refractivity contribution in [3.05, 3.63) is 48.2 Å². The maximum absolute atomic E-state index is 13.8. The number of aromatic nitrogens is 4. The molecule has 1 fully saturated rings. The Morgan fingerprint density at radius 3 is 2.88 bits per heavy atom. The molecule has 0 aliphatic carbocycles. The number of nitrogens with zero attached hydrogens (tertiary/aromatic N) is 4. The summed E-state index contributed by atoms with van der Waals surface area (Å²) in [6, 6.07) is 7.09. The van der Waals surface area contributed by atoms with Crippen molar-refractivity contribution in [3.8, 4) is 0 Å². The molecule has 0 spiro atoms. The van der Waals surface area contributed by atoms with Crippen LogP contribution < -0.4 is 10.6 Å². The van der Waals surface area contributed by atoms with Gasteiger partial charge in [-0.1, -0.05) is 18.2 Å². The van der Waals surface area contributed by atoms with Gasteiger partial charge in [0.1, 0.15) is 18.0 Å². The van der Waals surface area contributed by atoms with Crippen LogP contribution in [-0.4, -0.2) is 32.8 Å². The third kappa shape index (κ3) is 2.82. The number of hydrogen-bond acceptors (Lipinski definition) is 5. The fourth-order valence-electron chi connectivity index (χ4n) is 3.14. The first-order valence-electron chi connectivity index (χ1n) is 8.19. The minimum absolute atomic E-state index is 0.222. The molecule has 0 amide bonds. The Hall–Kier alpha value is -2.54. The number of benzene rings is 1. The van der Waals surface area contributed by atoms with Crippen LogP contribution in [0.2, 0.25) is 0 Å². The zero-order valence-electron chi connectivity index (χ0n) is 13.2. The lowest BCUT2D eigenvalue weighted by Gasteiger charge is -2.23. The lowest BCUT2D eigenvalue weighted by atomic mass is 10.1. The third-order valence-corrected chi connectivity index (χ3v) is 4.45. The molecule has 124 valence electrons. The highest BCUT2D eigenvalue weighted by Crippen LogP contribution is 2.25. The average molecular weight is 326 g/mol. The van der Waals surface area contributed by atoms with Crippen molar-refractivity contribution in [3.63, 3.8) is 0 Å². The van der Waals surface area contributed by atoms with E-state index in [1.54, 1.807) is 18.3 Å². The topological polar surface area (TPSA) is 67.7 Å². The van der Waals surface area contributed by atoms with Gasteiger partial charge in [0.25, 0.3) is 0 Å². The molecule has 0 unspecified atom stereocenters. The quantitative estimate of drug-likeness (QED) is 0.771. The van der Waals surface area contributed by atoms with Crippen LogP contribution >= 0.6 is 0 Å². The summed E-state index contributed by atoms with van der Waals surface area (Å²) in [6.07, 6.45) is 5.41. The molecule has 4 rings (SSSR count). The fourth-order valence-corrected chi connectivity index (χ4v) is 3.14. The SMILES string of the molecule is Fc1ccccc1CNc1ncnc2c1cnn2C1CCNCC1. The molecule has 1 aliphatic rings. The van der Waals surface area contributed by atoms with Gasteiger partial charge < -0.3 is 10.6 Å². The number of anilines is 1. The Kier molecular flexibility index (Phi) is 4.08. The Morgan fingerprint density at radius 2 is 2.04 bits per heavy atom. The molecular formula is C17H19FN6. The van der Waals surface area contributed by atoms with E-state index in [2.05, 4.69) is 25.7 Å². The van der Waals surface area contributed by atoms with Crippen LogP contribution in [0.4, 0.5) is 10.2 Å². The molecule has 2 aromatic heterocycles. The number of hydrogen-bond donors (Lipinski definition) is 2. The fraction of sp³-hybridized carbons (Fsp3) is 0.353. The molecule has 1 aromatic carbocycles. The van der Waals surface area contributed by atoms with Crippen LogP contribution in [0.15, 0.2) is 36.8 Å². The molecule has 7 heteroatoms. The van der Waals surface area contributed by atoms with Crippen molar-refractivity contribution in [2.45, 2.75) is 25.4 Å². The monoisotopic (exact) mass is 326 g/mol. The first kappa shape index (κ1) is 15.0. The van der Waals surface area contributed by atoms with Crippen molar-refractivity contribution in [1.29, 1.82) is 0 Å². The minimum Gasteiger partial charge on any atom is -0.365 e. The van der Waals surface area contributed by atoms with E-state index in [0.29, 0.717) is 24.0 Å². The van der Waals surface area contributed by atoms with Gasteiger partial charge in [-0.25, -0.2) is 19.0 Å². The second-order valence-corrected chi connectivity index (χ2v) is 5.97. The lowest BCUT2D eigenvalue weighted by molar-refractivity contribution is 0.349. The van der Waals surface area contributed by atoms with Gasteiger partial charge in [-0.15, -0.1) is 0 Å². The summed E-state index contributed by atoms with van der Waals surface area (Å²) in [5.41, 5.74) is 1.43. The van der Waals surface area contributed by atoms with E-state index in [9.17, 15) is 4.39 Å². The van der Waals surface area contributed by atoms with Crippen LogP contribution in [0, 0.1) is 5.82 Å². The predicted octanol–water partition coefficient (Wildman–Crippen LogP) is 2.50. The molecule has 24 heavy (non-hydrogen) atoms. The van der Waals surface area contributed by atoms with Gasteiger partial charge >= 0.3 is 0 Å². The molecule has 0 radical (unpaired) electrons. The Morgan fingerprint density at radius 1 is 1.21 bits per heavy atom. The Balaban J connectivity index is 1.60. The average Bonchev–Trinajstić information content (AvgIpc) is 3.06. The van der Waals surface area contributed by atoms with Gasteiger partial charge in [0.05, 0.1) is 17.6 Å². The predicted molar refractivity (Wildman–Crippen MR) is 90.2 cm³/mol. The molecule has 0 atom stereocenters. The zero-order chi connectivity index (χ0) is 16.4. The maximum atomic E-state index is 13.8. The third-order valence-electron chi connectivity index (χ3n) is 4.45. The zero-order valence-corrected chi connectivity index (χ0v) is 13.2. The van der Waals surface area contributed by atoms with Crippen molar-refractivity contribution in [1.82, 2.24) is 25.1 Å². The maximum Gasteiger partial charge on any atom is 0.163 e. The largest absolute Gasteiger partial charge is 0.365 e. The van der Waals surface area contributed by atoms with E-state index in [0.717, 1.165) is 37.0 Å². The van der Waals surface area contributed by atoms with Gasteiger partial charge in [-0.05, 0) is 32.0 Å². The second-order valence-electron chi connectivity index (χ2n) is 5.97. The summed E-state index contributed by atoms with van der Waals surface area (Å²) in [5.74, 6) is 0.462. The first-order valence-corrected chi connectivity index (χ1v) is 8.19. The second kappa shape index (κ2) is 6.52. The van der Waals surface area contributed by atoms with Gasteiger partial charge in [-0.3, -0.25) is 0 Å². The highest BCUT2D eigenvalue weighted by molar-refractivity contribution is 5.86. The summed E-state index contributed by atoms with van der Waals surface area (Å²) in [5, 5.41) is 12.0. The van der Waals surface area contributed by atoms with Crippen LogP contribution in [0.5, 0.6) is 0 Å². The molecule has 2 N–H and O–H groups in total. The van der Waals surface area contributed by atoms with Gasteiger partial charge in [0, 0.05) is 12.1 Å². The minimum atomic E-state index is -0.222. The summed E-state index contributed by atoms with van der Waals surface area (Å²) in [6.45, 7) is 2.36. The normalized spacial score (nSPS) is 15.7. The van der Waals surface area contributed by atoms with Crippen molar-refractivity contribution in [2.75, 3.05) is 18.4 Å². The van der Waals surface area contributed by atoms with Crippen LogP contribution in [-0.2, 0) is 6.54 Å². The van der Waals surface area contributed by atoms with Crippen molar-refractivity contribution >= 4 is 16.9 Å². The van der Waals surface area contributed by atoms with E-state index in [1.165, 1.54) is 12.4 Å². The van der Waals surface area contributed by atoms with E-state index < -0.39 is 0 Å². The molecule has 1 saturated heterocycles.